The summed E-state index contributed by atoms with van der Waals surface area (Å²) in [6.45, 7) is 2.01. The molecule has 0 bridgehead atoms. The van der Waals surface area contributed by atoms with E-state index in [9.17, 15) is 13.2 Å². The van der Waals surface area contributed by atoms with Crippen LogP contribution in [0, 0.1) is 6.92 Å². The highest BCUT2D eigenvalue weighted by atomic mass is 32.2. The van der Waals surface area contributed by atoms with Gasteiger partial charge < -0.3 is 9.73 Å². The number of hydrogen-bond acceptors (Lipinski definition) is 6. The van der Waals surface area contributed by atoms with Gasteiger partial charge in [-0.3, -0.25) is 9.89 Å². The zero-order chi connectivity index (χ0) is 18.5. The molecule has 0 saturated heterocycles. The lowest BCUT2D eigenvalue weighted by atomic mass is 10.2. The van der Waals surface area contributed by atoms with Gasteiger partial charge in [0.2, 0.25) is 10.0 Å². The summed E-state index contributed by atoms with van der Waals surface area (Å²) in [5, 5.41) is 11.4. The average Bonchev–Trinajstić information content (AvgIpc) is 3.32. The lowest BCUT2D eigenvalue weighted by Gasteiger charge is -2.29. The highest BCUT2D eigenvalue weighted by molar-refractivity contribution is 7.89. The Kier molecular flexibility index (Phi) is 3.98. The van der Waals surface area contributed by atoms with Crippen LogP contribution in [0.4, 0.5) is 0 Å². The molecular formula is C16H16N4O4S2. The Hall–Kier alpha value is -2.43. The van der Waals surface area contributed by atoms with Crippen LogP contribution in [0.3, 0.4) is 0 Å². The molecule has 0 aliphatic carbocycles. The molecule has 10 heteroatoms. The van der Waals surface area contributed by atoms with Crippen LogP contribution in [0.5, 0.6) is 0 Å². The molecule has 2 N–H and O–H groups in total. The number of furan rings is 1. The molecule has 8 nitrogen and oxygen atoms in total. The summed E-state index contributed by atoms with van der Waals surface area (Å²) < 4.78 is 31.4. The van der Waals surface area contributed by atoms with Gasteiger partial charge in [0.15, 0.2) is 11.5 Å². The predicted octanol–water partition coefficient (Wildman–Crippen LogP) is 2.14. The van der Waals surface area contributed by atoms with E-state index in [1.54, 1.807) is 23.6 Å². The molecule has 3 aromatic rings. The Morgan fingerprint density at radius 1 is 1.42 bits per heavy atom. The Balaban J connectivity index is 1.57. The molecule has 0 saturated carbocycles. The summed E-state index contributed by atoms with van der Waals surface area (Å²) in [4.78, 5) is 13.5. The first kappa shape index (κ1) is 17.0. The molecule has 4 rings (SSSR count). The number of nitrogens with zero attached hydrogens (tertiary/aromatic N) is 2. The summed E-state index contributed by atoms with van der Waals surface area (Å²) >= 11 is 1.32. The van der Waals surface area contributed by atoms with Crippen molar-refractivity contribution in [3.63, 3.8) is 0 Å². The maximum absolute atomic E-state index is 12.6. The van der Waals surface area contributed by atoms with Crippen LogP contribution in [-0.2, 0) is 10.0 Å². The number of amides is 1. The van der Waals surface area contributed by atoms with Crippen molar-refractivity contribution in [3.05, 3.63) is 46.0 Å². The standard InChI is InChI=1S/C16H16N4O4S2/c1-9-3-4-13(24-9)10-7-11(19-18-10)16(21)17-12-8-20(2)26(22,23)14-5-6-25-15(12)14/h3-7,12H,8H2,1-2H3,(H,17,21)(H,18,19). The number of nitrogens with one attached hydrogen (secondary N) is 2. The van der Waals surface area contributed by atoms with E-state index in [-0.39, 0.29) is 23.0 Å². The fourth-order valence-electron chi connectivity index (χ4n) is 2.87. The largest absolute Gasteiger partial charge is 0.460 e. The number of rotatable bonds is 3. The molecule has 1 unspecified atom stereocenters. The van der Waals surface area contributed by atoms with Crippen molar-refractivity contribution in [2.24, 2.45) is 0 Å². The van der Waals surface area contributed by atoms with Crippen LogP contribution in [0.1, 0.15) is 27.2 Å². The number of likely N-dealkylation sites (N-methyl/N-ethyl adjacent to an activating group) is 1. The lowest BCUT2D eigenvalue weighted by molar-refractivity contribution is 0.0926. The normalized spacial score (nSPS) is 19.2. The molecule has 26 heavy (non-hydrogen) atoms. The van der Waals surface area contributed by atoms with E-state index in [0.717, 1.165) is 5.76 Å². The van der Waals surface area contributed by atoms with Gasteiger partial charge in [-0.1, -0.05) is 0 Å². The van der Waals surface area contributed by atoms with Crippen molar-refractivity contribution < 1.29 is 17.6 Å². The molecule has 3 aromatic heterocycles. The summed E-state index contributed by atoms with van der Waals surface area (Å²) in [7, 11) is -1.98. The first-order valence-electron chi connectivity index (χ1n) is 7.83. The summed E-state index contributed by atoms with van der Waals surface area (Å²) in [5.74, 6) is 0.975. The Morgan fingerprint density at radius 2 is 2.23 bits per heavy atom. The summed E-state index contributed by atoms with van der Waals surface area (Å²) in [5.41, 5.74) is 0.812. The van der Waals surface area contributed by atoms with Gasteiger partial charge in [-0.25, -0.2) is 8.42 Å². The lowest BCUT2D eigenvalue weighted by Crippen LogP contribution is -2.42. The fraction of sp³-hybridized carbons (Fsp3) is 0.250. The van der Waals surface area contributed by atoms with Gasteiger partial charge in [0.1, 0.15) is 11.5 Å². The predicted molar refractivity (Wildman–Crippen MR) is 95.4 cm³/mol. The first-order valence-corrected chi connectivity index (χ1v) is 10.1. The van der Waals surface area contributed by atoms with Crippen molar-refractivity contribution >= 4 is 27.3 Å². The van der Waals surface area contributed by atoms with Gasteiger partial charge in [0.05, 0.1) is 10.9 Å². The molecule has 136 valence electrons. The minimum atomic E-state index is -3.48. The van der Waals surface area contributed by atoms with Crippen molar-refractivity contribution in [2.45, 2.75) is 17.9 Å². The van der Waals surface area contributed by atoms with Gasteiger partial charge in [-0.15, -0.1) is 11.3 Å². The van der Waals surface area contributed by atoms with Crippen molar-refractivity contribution in [2.75, 3.05) is 13.6 Å². The highest BCUT2D eigenvalue weighted by Crippen LogP contribution is 2.35. The van der Waals surface area contributed by atoms with Crippen LogP contribution in [-0.4, -0.2) is 42.4 Å². The second kappa shape index (κ2) is 6.08. The second-order valence-corrected chi connectivity index (χ2v) is 9.00. The minimum Gasteiger partial charge on any atom is -0.460 e. The van der Waals surface area contributed by atoms with Gasteiger partial charge in [0.25, 0.3) is 5.91 Å². The minimum absolute atomic E-state index is 0.177. The molecule has 4 heterocycles. The zero-order valence-corrected chi connectivity index (χ0v) is 15.6. The third kappa shape index (κ3) is 2.75. The third-order valence-corrected chi connectivity index (χ3v) is 7.26. The Morgan fingerprint density at radius 3 is 2.96 bits per heavy atom. The summed E-state index contributed by atoms with van der Waals surface area (Å²) in [6.07, 6.45) is 0. The molecule has 0 fully saturated rings. The number of sulfonamides is 1. The topological polar surface area (TPSA) is 108 Å². The van der Waals surface area contributed by atoms with E-state index in [1.165, 1.54) is 22.7 Å². The van der Waals surface area contributed by atoms with Gasteiger partial charge in [0, 0.05) is 24.5 Å². The SMILES string of the molecule is Cc1ccc(-c2cc(C(=O)NC3CN(C)S(=O)(=O)c4ccsc43)n[nH]2)o1. The highest BCUT2D eigenvalue weighted by Gasteiger charge is 2.36. The van der Waals surface area contributed by atoms with Crippen LogP contribution in [0.15, 0.2) is 39.0 Å². The quantitative estimate of drug-likeness (QED) is 0.710. The monoisotopic (exact) mass is 392 g/mol. The van der Waals surface area contributed by atoms with Crippen molar-refractivity contribution in [3.8, 4) is 11.5 Å². The van der Waals surface area contributed by atoms with E-state index in [4.69, 9.17) is 4.42 Å². The number of aromatic nitrogens is 2. The number of carbonyl (C=O) groups excluding carboxylic acids is 1. The average molecular weight is 392 g/mol. The molecule has 1 aliphatic heterocycles. The van der Waals surface area contributed by atoms with Crippen LogP contribution in [0.25, 0.3) is 11.5 Å². The zero-order valence-electron chi connectivity index (χ0n) is 14.0. The van der Waals surface area contributed by atoms with Crippen LogP contribution in [0.2, 0.25) is 0 Å². The van der Waals surface area contributed by atoms with Crippen LogP contribution >= 0.6 is 11.3 Å². The molecular weight excluding hydrogens is 376 g/mol. The number of hydrogen-bond donors (Lipinski definition) is 2. The Bertz CT molecular complexity index is 1080. The first-order chi connectivity index (χ1) is 12.4. The second-order valence-electron chi connectivity index (χ2n) is 6.04. The van der Waals surface area contributed by atoms with Crippen molar-refractivity contribution in [1.29, 1.82) is 0 Å². The number of aryl methyl sites for hydroxylation is 1. The number of carbonyl (C=O) groups is 1. The Labute approximate surface area is 153 Å². The van der Waals surface area contributed by atoms with Gasteiger partial charge in [-0.2, -0.15) is 9.40 Å². The van der Waals surface area contributed by atoms with Crippen LogP contribution < -0.4 is 5.32 Å². The molecule has 1 atom stereocenters. The molecule has 0 aromatic carbocycles. The number of fused-ring (bicyclic) bond motifs is 1. The molecule has 1 aliphatic rings. The maximum atomic E-state index is 12.6. The third-order valence-electron chi connectivity index (χ3n) is 4.22. The van der Waals surface area contributed by atoms with E-state index in [0.29, 0.717) is 16.3 Å². The summed E-state index contributed by atoms with van der Waals surface area (Å²) in [6, 6.07) is 6.37. The maximum Gasteiger partial charge on any atom is 0.272 e. The molecule has 0 radical (unpaired) electrons. The van der Waals surface area contributed by atoms with Gasteiger partial charge >= 0.3 is 0 Å². The number of H-pyrrole nitrogens is 1. The van der Waals surface area contributed by atoms with E-state index in [1.807, 2.05) is 13.0 Å². The smallest absolute Gasteiger partial charge is 0.272 e. The van der Waals surface area contributed by atoms with Gasteiger partial charge in [-0.05, 0) is 30.5 Å². The molecule has 0 spiro atoms. The molecule has 1 amide bonds. The van der Waals surface area contributed by atoms with E-state index >= 15 is 0 Å². The van der Waals surface area contributed by atoms with E-state index < -0.39 is 16.1 Å². The van der Waals surface area contributed by atoms with Crippen molar-refractivity contribution in [1.82, 2.24) is 19.8 Å². The van der Waals surface area contributed by atoms with E-state index in [2.05, 4.69) is 15.5 Å². The number of aromatic amines is 1. The number of thiophene rings is 1. The fourth-order valence-corrected chi connectivity index (χ4v) is 5.57.